The van der Waals surface area contributed by atoms with Crippen LogP contribution in [0, 0.1) is 0 Å². The zero-order valence-corrected chi connectivity index (χ0v) is 12.3. The minimum absolute atomic E-state index is 0.177. The van der Waals surface area contributed by atoms with Crippen molar-refractivity contribution in [2.45, 2.75) is 31.6 Å². The molecule has 1 aromatic carbocycles. The zero-order valence-electron chi connectivity index (χ0n) is 12.3. The Morgan fingerprint density at radius 3 is 2.65 bits per heavy atom. The first-order valence-electron chi connectivity index (χ1n) is 7.30. The highest BCUT2D eigenvalue weighted by atomic mass is 16.5. The van der Waals surface area contributed by atoms with E-state index in [9.17, 15) is 9.59 Å². The molecule has 0 bridgehead atoms. The largest absolute Gasteiger partial charge is 0.479 e. The smallest absolute Gasteiger partial charge is 0.332 e. The fourth-order valence-electron chi connectivity index (χ4n) is 2.44. The second-order valence-electron chi connectivity index (χ2n) is 5.29. The summed E-state index contributed by atoms with van der Waals surface area (Å²) in [5.74, 6) is -0.862. The number of hydrogen-bond donors (Lipinski definition) is 2. The molecule has 2 N–H and O–H groups in total. The molecule has 2 atom stereocenters. The summed E-state index contributed by atoms with van der Waals surface area (Å²) in [6, 6.07) is 11.3. The van der Waals surface area contributed by atoms with Crippen LogP contribution < -0.4 is 5.32 Å². The highest BCUT2D eigenvalue weighted by molar-refractivity contribution is 5.82. The predicted molar refractivity (Wildman–Crippen MR) is 79.3 cm³/mol. The molecule has 1 aromatic heterocycles. The number of carboxylic acids is 1. The number of aromatic nitrogens is 1. The second-order valence-corrected chi connectivity index (χ2v) is 5.29. The van der Waals surface area contributed by atoms with E-state index in [1.54, 1.807) is 6.07 Å². The molecule has 7 heteroatoms. The van der Waals surface area contributed by atoms with Gasteiger partial charge in [0.2, 0.25) is 5.91 Å². The Kier molecular flexibility index (Phi) is 4.38. The van der Waals surface area contributed by atoms with Gasteiger partial charge in [-0.15, -0.1) is 0 Å². The number of rotatable bonds is 5. The first-order chi connectivity index (χ1) is 11.1. The van der Waals surface area contributed by atoms with Crippen LogP contribution in [-0.2, 0) is 20.9 Å². The van der Waals surface area contributed by atoms with Crippen molar-refractivity contribution in [2.75, 3.05) is 0 Å². The normalized spacial score (nSPS) is 20.3. The predicted octanol–water partition coefficient (Wildman–Crippen LogP) is 1.59. The van der Waals surface area contributed by atoms with Gasteiger partial charge >= 0.3 is 5.97 Å². The van der Waals surface area contributed by atoms with E-state index in [2.05, 4.69) is 10.5 Å². The van der Waals surface area contributed by atoms with E-state index in [4.69, 9.17) is 14.4 Å². The Morgan fingerprint density at radius 1 is 1.22 bits per heavy atom. The van der Waals surface area contributed by atoms with Crippen LogP contribution in [0.1, 0.15) is 18.6 Å². The summed E-state index contributed by atoms with van der Waals surface area (Å²) in [6.07, 6.45) is -0.893. The van der Waals surface area contributed by atoms with Crippen molar-refractivity contribution in [2.24, 2.45) is 0 Å². The van der Waals surface area contributed by atoms with Crippen molar-refractivity contribution < 1.29 is 24.0 Å². The van der Waals surface area contributed by atoms with Crippen LogP contribution in [0.4, 0.5) is 0 Å². The first kappa shape index (κ1) is 15.2. The fourth-order valence-corrected chi connectivity index (χ4v) is 2.44. The van der Waals surface area contributed by atoms with E-state index >= 15 is 0 Å². The number of amides is 1. The van der Waals surface area contributed by atoms with Crippen molar-refractivity contribution in [1.82, 2.24) is 10.5 Å². The van der Waals surface area contributed by atoms with Crippen LogP contribution in [-0.4, -0.2) is 34.3 Å². The van der Waals surface area contributed by atoms with Gasteiger partial charge in [-0.05, 0) is 12.8 Å². The summed E-state index contributed by atoms with van der Waals surface area (Å²) in [7, 11) is 0. The quantitative estimate of drug-likeness (QED) is 0.868. The van der Waals surface area contributed by atoms with Gasteiger partial charge in [-0.2, -0.15) is 0 Å². The SMILES string of the molecule is O=C(NCc1cc(-c2ccccc2)no1)[C@@H]1CC[C@H](C(=O)O)O1. The van der Waals surface area contributed by atoms with Gasteiger partial charge in [0.1, 0.15) is 11.8 Å². The minimum Gasteiger partial charge on any atom is -0.479 e. The summed E-state index contributed by atoms with van der Waals surface area (Å²) in [6.45, 7) is 0.177. The molecule has 3 rings (SSSR count). The van der Waals surface area contributed by atoms with Crippen LogP contribution >= 0.6 is 0 Å². The number of carboxylic acid groups (broad SMARTS) is 1. The van der Waals surface area contributed by atoms with E-state index in [0.717, 1.165) is 5.56 Å². The van der Waals surface area contributed by atoms with E-state index in [-0.39, 0.29) is 12.5 Å². The number of nitrogens with one attached hydrogen (secondary N) is 1. The maximum absolute atomic E-state index is 12.0. The number of benzene rings is 1. The molecular formula is C16H16N2O5. The van der Waals surface area contributed by atoms with Crippen LogP contribution in [0.5, 0.6) is 0 Å². The van der Waals surface area contributed by atoms with E-state index in [1.165, 1.54) is 0 Å². The molecule has 1 fully saturated rings. The minimum atomic E-state index is -1.04. The third kappa shape index (κ3) is 3.57. The summed E-state index contributed by atoms with van der Waals surface area (Å²) in [5, 5.41) is 15.5. The van der Waals surface area contributed by atoms with E-state index in [0.29, 0.717) is 24.3 Å². The van der Waals surface area contributed by atoms with Crippen molar-refractivity contribution in [3.05, 3.63) is 42.2 Å². The molecule has 0 saturated carbocycles. The van der Waals surface area contributed by atoms with Gasteiger partial charge in [-0.3, -0.25) is 4.79 Å². The lowest BCUT2D eigenvalue weighted by atomic mass is 10.1. The molecule has 0 radical (unpaired) electrons. The average molecular weight is 316 g/mol. The summed E-state index contributed by atoms with van der Waals surface area (Å²) in [5.41, 5.74) is 1.62. The Hall–Kier alpha value is -2.67. The first-order valence-corrected chi connectivity index (χ1v) is 7.30. The Bertz CT molecular complexity index is 698. The molecule has 1 aliphatic heterocycles. The highest BCUT2D eigenvalue weighted by Crippen LogP contribution is 2.21. The summed E-state index contributed by atoms with van der Waals surface area (Å²) >= 11 is 0. The number of carbonyl (C=O) groups excluding carboxylic acids is 1. The molecule has 120 valence electrons. The van der Waals surface area contributed by atoms with Crippen molar-refractivity contribution in [3.63, 3.8) is 0 Å². The Balaban J connectivity index is 1.54. The molecule has 0 aliphatic carbocycles. The number of nitrogens with zero attached hydrogens (tertiary/aromatic N) is 1. The lowest BCUT2D eigenvalue weighted by molar-refractivity contribution is -0.151. The molecule has 23 heavy (non-hydrogen) atoms. The topological polar surface area (TPSA) is 102 Å². The van der Waals surface area contributed by atoms with Gasteiger partial charge in [-0.1, -0.05) is 35.5 Å². The van der Waals surface area contributed by atoms with Gasteiger partial charge in [0, 0.05) is 11.6 Å². The van der Waals surface area contributed by atoms with Gasteiger partial charge < -0.3 is 19.7 Å². The molecule has 7 nitrogen and oxygen atoms in total. The fraction of sp³-hybridized carbons (Fsp3) is 0.312. The number of carbonyl (C=O) groups is 2. The van der Waals surface area contributed by atoms with Crippen LogP contribution in [0.15, 0.2) is 40.9 Å². The Labute approximate surface area is 132 Å². The number of ether oxygens (including phenoxy) is 1. The lowest BCUT2D eigenvalue weighted by Crippen LogP contribution is -2.35. The van der Waals surface area contributed by atoms with Gasteiger partial charge in [0.05, 0.1) is 6.54 Å². The third-order valence-corrected chi connectivity index (χ3v) is 3.65. The van der Waals surface area contributed by atoms with Crippen LogP contribution in [0.2, 0.25) is 0 Å². The van der Waals surface area contributed by atoms with Crippen LogP contribution in [0.25, 0.3) is 11.3 Å². The van der Waals surface area contributed by atoms with E-state index in [1.807, 2.05) is 30.3 Å². The standard InChI is InChI=1S/C16H16N2O5/c19-15(13-6-7-14(22-13)16(20)21)17-9-11-8-12(18-23-11)10-4-2-1-3-5-10/h1-5,8,13-14H,6-7,9H2,(H,17,19)(H,20,21)/t13-,14+/m0/s1. The van der Waals surface area contributed by atoms with Gasteiger partial charge in [-0.25, -0.2) is 4.79 Å². The van der Waals surface area contributed by atoms with Gasteiger partial charge in [0.15, 0.2) is 11.9 Å². The maximum Gasteiger partial charge on any atom is 0.332 e. The molecule has 2 aromatic rings. The summed E-state index contributed by atoms with van der Waals surface area (Å²) < 4.78 is 10.4. The van der Waals surface area contributed by atoms with Crippen molar-refractivity contribution in [1.29, 1.82) is 0 Å². The lowest BCUT2D eigenvalue weighted by Gasteiger charge is -2.10. The molecule has 0 unspecified atom stereocenters. The molecule has 1 aliphatic rings. The van der Waals surface area contributed by atoms with Crippen molar-refractivity contribution >= 4 is 11.9 Å². The molecule has 1 saturated heterocycles. The number of aliphatic carboxylic acids is 1. The molecular weight excluding hydrogens is 300 g/mol. The van der Waals surface area contributed by atoms with Crippen LogP contribution in [0.3, 0.4) is 0 Å². The maximum atomic E-state index is 12.0. The van der Waals surface area contributed by atoms with Crippen molar-refractivity contribution in [3.8, 4) is 11.3 Å². The molecule has 0 spiro atoms. The van der Waals surface area contributed by atoms with E-state index < -0.39 is 18.2 Å². The molecule has 2 heterocycles. The van der Waals surface area contributed by atoms with Gasteiger partial charge in [0.25, 0.3) is 0 Å². The summed E-state index contributed by atoms with van der Waals surface area (Å²) in [4.78, 5) is 22.8. The number of hydrogen-bond acceptors (Lipinski definition) is 5. The average Bonchev–Trinajstić information content (AvgIpc) is 3.23. The highest BCUT2D eigenvalue weighted by Gasteiger charge is 2.34. The zero-order chi connectivity index (χ0) is 16.2. The second kappa shape index (κ2) is 6.62. The Morgan fingerprint density at radius 2 is 1.96 bits per heavy atom. The third-order valence-electron chi connectivity index (χ3n) is 3.65. The monoisotopic (exact) mass is 316 g/mol. The molecule has 1 amide bonds.